The van der Waals surface area contributed by atoms with Crippen LogP contribution < -0.4 is 4.74 Å². The zero-order valence-corrected chi connectivity index (χ0v) is 21.5. The van der Waals surface area contributed by atoms with E-state index in [-0.39, 0.29) is 5.75 Å². The molecule has 3 heterocycles. The molecule has 0 radical (unpaired) electrons. The predicted molar refractivity (Wildman–Crippen MR) is 144 cm³/mol. The van der Waals surface area contributed by atoms with E-state index in [0.29, 0.717) is 22.9 Å². The predicted octanol–water partition coefficient (Wildman–Crippen LogP) is 5.25. The van der Waals surface area contributed by atoms with Crippen molar-refractivity contribution in [2.24, 2.45) is 24.8 Å². The first-order chi connectivity index (χ1) is 18.1. The Balaban J connectivity index is 1.04. The fourth-order valence-corrected chi connectivity index (χ4v) is 6.79. The number of nitrogens with zero attached hydrogens (tertiary/aromatic N) is 5. The Hall–Kier alpha value is -3.45. The summed E-state index contributed by atoms with van der Waals surface area (Å²) in [6.45, 7) is 3.46. The Bertz CT molecular complexity index is 1450. The summed E-state index contributed by atoms with van der Waals surface area (Å²) >= 11 is 0. The number of rotatable bonds is 6. The zero-order chi connectivity index (χ0) is 25.1. The lowest BCUT2D eigenvalue weighted by Gasteiger charge is -2.39. The molecule has 0 bridgehead atoms. The Kier molecular flexibility index (Phi) is 5.43. The van der Waals surface area contributed by atoms with Crippen LogP contribution in [0.5, 0.6) is 11.5 Å². The standard InChI is InChI=1S/C30H33N5O2/c1-34-14-20-11-19(13-29(37-2)30(20)33-34)18-7-8-24(28(36)12-18)27-10-9-26(31-32-27)21-15-35(16-21)17-25-22-5-3-4-6-23(22)25/h7-14,21-23,25,36H,3-6,15-17H2,1-2H3. The second kappa shape index (κ2) is 8.84. The molecule has 190 valence electrons. The van der Waals surface area contributed by atoms with E-state index in [1.165, 1.54) is 32.2 Å². The van der Waals surface area contributed by atoms with Gasteiger partial charge in [-0.05, 0) is 78.1 Å². The van der Waals surface area contributed by atoms with Crippen LogP contribution >= 0.6 is 0 Å². The monoisotopic (exact) mass is 495 g/mol. The fourth-order valence-electron chi connectivity index (χ4n) is 6.79. The first-order valence-electron chi connectivity index (χ1n) is 13.5. The molecular formula is C30H33N5O2. The molecule has 1 saturated heterocycles. The highest BCUT2D eigenvalue weighted by molar-refractivity contribution is 5.90. The van der Waals surface area contributed by atoms with Crippen LogP contribution in [0, 0.1) is 17.8 Å². The second-order valence-electron chi connectivity index (χ2n) is 11.2. The molecule has 37 heavy (non-hydrogen) atoms. The highest BCUT2D eigenvalue weighted by atomic mass is 16.5. The third-order valence-electron chi connectivity index (χ3n) is 8.88. The minimum atomic E-state index is 0.186. The summed E-state index contributed by atoms with van der Waals surface area (Å²) in [5.74, 6) is 4.36. The highest BCUT2D eigenvalue weighted by Gasteiger charge is 2.51. The normalized spacial score (nSPS) is 23.6. The van der Waals surface area contributed by atoms with Crippen LogP contribution in [-0.4, -0.2) is 56.7 Å². The maximum Gasteiger partial charge on any atom is 0.147 e. The second-order valence-corrected chi connectivity index (χ2v) is 11.2. The van der Waals surface area contributed by atoms with Crippen molar-refractivity contribution in [1.29, 1.82) is 0 Å². The van der Waals surface area contributed by atoms with Crippen LogP contribution in [0.4, 0.5) is 0 Å². The van der Waals surface area contributed by atoms with Crippen LogP contribution in [0.25, 0.3) is 33.3 Å². The molecule has 0 amide bonds. The summed E-state index contributed by atoms with van der Waals surface area (Å²) in [4.78, 5) is 2.60. The molecule has 2 unspecified atom stereocenters. The van der Waals surface area contributed by atoms with E-state index in [9.17, 15) is 5.11 Å². The van der Waals surface area contributed by atoms with Crippen molar-refractivity contribution in [3.05, 3.63) is 54.4 Å². The number of aromatic nitrogens is 4. The molecule has 2 aromatic heterocycles. The van der Waals surface area contributed by atoms with E-state index >= 15 is 0 Å². The van der Waals surface area contributed by atoms with Gasteiger partial charge in [0.25, 0.3) is 0 Å². The van der Waals surface area contributed by atoms with Crippen molar-refractivity contribution in [3.63, 3.8) is 0 Å². The van der Waals surface area contributed by atoms with Gasteiger partial charge in [-0.3, -0.25) is 4.68 Å². The number of aryl methyl sites for hydroxylation is 1. The van der Waals surface area contributed by atoms with Gasteiger partial charge in [0.15, 0.2) is 0 Å². The SMILES string of the molecule is COc1cc(-c2ccc(-c3ccc(C4CN(CC5C6CCCCC65)C4)nn3)c(O)c2)cc2cn(C)nc12. The number of methoxy groups -OCH3 is 1. The van der Waals surface area contributed by atoms with Gasteiger partial charge in [-0.1, -0.05) is 18.9 Å². The first-order valence-corrected chi connectivity index (χ1v) is 13.5. The highest BCUT2D eigenvalue weighted by Crippen LogP contribution is 2.56. The lowest BCUT2D eigenvalue weighted by atomic mass is 9.95. The fraction of sp³-hybridized carbons (Fsp3) is 0.433. The molecule has 2 aromatic carbocycles. The van der Waals surface area contributed by atoms with Crippen molar-refractivity contribution < 1.29 is 9.84 Å². The topological polar surface area (TPSA) is 76.3 Å². The van der Waals surface area contributed by atoms with Crippen LogP contribution in [0.3, 0.4) is 0 Å². The number of aromatic hydroxyl groups is 1. The molecule has 0 spiro atoms. The van der Waals surface area contributed by atoms with Gasteiger partial charge in [-0.15, -0.1) is 0 Å². The Labute approximate surface area is 217 Å². The van der Waals surface area contributed by atoms with Gasteiger partial charge in [0.2, 0.25) is 0 Å². The third-order valence-corrected chi connectivity index (χ3v) is 8.88. The first kappa shape index (κ1) is 22.7. The number of phenolic OH excluding ortho intramolecular Hbond substituents is 1. The summed E-state index contributed by atoms with van der Waals surface area (Å²) in [5.41, 5.74) is 5.11. The number of hydrogen-bond donors (Lipinski definition) is 1. The summed E-state index contributed by atoms with van der Waals surface area (Å²) in [5, 5.41) is 25.4. The molecule has 2 atom stereocenters. The quantitative estimate of drug-likeness (QED) is 0.394. The van der Waals surface area contributed by atoms with Crippen LogP contribution in [-0.2, 0) is 7.05 Å². The van der Waals surface area contributed by atoms with Gasteiger partial charge in [0.05, 0.1) is 18.5 Å². The molecule has 1 aliphatic heterocycles. The average molecular weight is 496 g/mol. The number of ether oxygens (including phenoxy) is 1. The number of likely N-dealkylation sites (tertiary alicyclic amines) is 1. The largest absolute Gasteiger partial charge is 0.507 e. The Morgan fingerprint density at radius 2 is 1.78 bits per heavy atom. The minimum absolute atomic E-state index is 0.186. The van der Waals surface area contributed by atoms with Gasteiger partial charge < -0.3 is 14.7 Å². The lowest BCUT2D eigenvalue weighted by Crippen LogP contribution is -2.46. The lowest BCUT2D eigenvalue weighted by molar-refractivity contribution is 0.134. The number of hydrogen-bond acceptors (Lipinski definition) is 6. The van der Waals surface area contributed by atoms with E-state index in [0.717, 1.165) is 58.6 Å². The smallest absolute Gasteiger partial charge is 0.147 e. The molecule has 7 rings (SSSR count). The number of fused-ring (bicyclic) bond motifs is 2. The number of phenols is 1. The Morgan fingerprint density at radius 3 is 2.49 bits per heavy atom. The summed E-state index contributed by atoms with van der Waals surface area (Å²) < 4.78 is 7.34. The van der Waals surface area contributed by atoms with Crippen molar-refractivity contribution in [1.82, 2.24) is 24.9 Å². The van der Waals surface area contributed by atoms with Crippen molar-refractivity contribution >= 4 is 10.9 Å². The number of benzene rings is 2. The summed E-state index contributed by atoms with van der Waals surface area (Å²) in [6, 6.07) is 13.8. The van der Waals surface area contributed by atoms with E-state index in [1.807, 2.05) is 37.5 Å². The average Bonchev–Trinajstić information content (AvgIpc) is 3.45. The maximum atomic E-state index is 10.9. The molecule has 7 heteroatoms. The third kappa shape index (κ3) is 4.06. The molecule has 2 aliphatic carbocycles. The molecular weight excluding hydrogens is 462 g/mol. The van der Waals surface area contributed by atoms with Crippen molar-refractivity contribution in [2.45, 2.75) is 31.6 Å². The molecule has 7 nitrogen and oxygen atoms in total. The maximum absolute atomic E-state index is 10.9. The van der Waals surface area contributed by atoms with E-state index in [4.69, 9.17) is 4.74 Å². The summed E-state index contributed by atoms with van der Waals surface area (Å²) in [6.07, 6.45) is 7.77. The summed E-state index contributed by atoms with van der Waals surface area (Å²) in [7, 11) is 3.54. The molecule has 3 fully saturated rings. The van der Waals surface area contributed by atoms with E-state index < -0.39 is 0 Å². The zero-order valence-electron chi connectivity index (χ0n) is 21.5. The van der Waals surface area contributed by atoms with Gasteiger partial charge in [0, 0.05) is 49.7 Å². The molecule has 1 N–H and O–H groups in total. The molecule has 3 aliphatic rings. The molecule has 4 aromatic rings. The van der Waals surface area contributed by atoms with Crippen LogP contribution in [0.2, 0.25) is 0 Å². The van der Waals surface area contributed by atoms with Gasteiger partial charge in [-0.25, -0.2) is 0 Å². The van der Waals surface area contributed by atoms with Crippen LogP contribution in [0.15, 0.2) is 48.7 Å². The van der Waals surface area contributed by atoms with Gasteiger partial charge in [-0.2, -0.15) is 15.3 Å². The Morgan fingerprint density at radius 1 is 0.973 bits per heavy atom. The van der Waals surface area contributed by atoms with Crippen molar-refractivity contribution in [3.8, 4) is 33.9 Å². The van der Waals surface area contributed by atoms with Gasteiger partial charge >= 0.3 is 0 Å². The van der Waals surface area contributed by atoms with Gasteiger partial charge in [0.1, 0.15) is 17.0 Å². The van der Waals surface area contributed by atoms with E-state index in [2.05, 4.69) is 32.3 Å². The minimum Gasteiger partial charge on any atom is -0.507 e. The van der Waals surface area contributed by atoms with Crippen LogP contribution in [0.1, 0.15) is 37.3 Å². The van der Waals surface area contributed by atoms with Crippen molar-refractivity contribution in [2.75, 3.05) is 26.7 Å². The molecule has 2 saturated carbocycles. The van der Waals surface area contributed by atoms with E-state index in [1.54, 1.807) is 17.9 Å².